The third kappa shape index (κ3) is 4.18. The predicted molar refractivity (Wildman–Crippen MR) is 133 cm³/mol. The van der Waals surface area contributed by atoms with Crippen LogP contribution in [0, 0.1) is 11.3 Å². The number of aromatic nitrogens is 3. The molecule has 0 spiro atoms. The van der Waals surface area contributed by atoms with Crippen LogP contribution in [0.1, 0.15) is 35.1 Å². The van der Waals surface area contributed by atoms with Crippen LogP contribution >= 0.6 is 11.6 Å². The summed E-state index contributed by atoms with van der Waals surface area (Å²) in [7, 11) is 0. The first-order chi connectivity index (χ1) is 16.5. The van der Waals surface area contributed by atoms with Gasteiger partial charge < -0.3 is 15.2 Å². The van der Waals surface area contributed by atoms with Crippen LogP contribution in [0.5, 0.6) is 0 Å². The maximum atomic E-state index is 13.7. The van der Waals surface area contributed by atoms with Crippen LogP contribution < -0.4 is 16.2 Å². The molecule has 34 heavy (non-hydrogen) atoms. The third-order valence-electron chi connectivity index (χ3n) is 6.40. The molecule has 0 bridgehead atoms. The van der Waals surface area contributed by atoms with Crippen LogP contribution in [0.15, 0.2) is 65.7 Å². The maximum Gasteiger partial charge on any atom is 0.277 e. The number of anilines is 1. The van der Waals surface area contributed by atoms with Crippen LogP contribution in [-0.2, 0) is 13.0 Å². The second-order valence-electron chi connectivity index (χ2n) is 8.71. The molecular formula is C26H25ClN6O. The van der Waals surface area contributed by atoms with Crippen molar-refractivity contribution in [1.29, 1.82) is 5.26 Å². The Kier molecular flexibility index (Phi) is 6.10. The first-order valence-electron chi connectivity index (χ1n) is 11.4. The van der Waals surface area contributed by atoms with Gasteiger partial charge >= 0.3 is 0 Å². The minimum absolute atomic E-state index is 0.0749. The van der Waals surface area contributed by atoms with Gasteiger partial charge in [0.2, 0.25) is 0 Å². The van der Waals surface area contributed by atoms with Crippen LogP contribution in [0.3, 0.4) is 0 Å². The van der Waals surface area contributed by atoms with E-state index in [2.05, 4.69) is 11.0 Å². The molecule has 0 unspecified atom stereocenters. The average molecular weight is 473 g/mol. The number of hydrogen-bond donors (Lipinski definition) is 1. The highest BCUT2D eigenvalue weighted by Crippen LogP contribution is 2.29. The predicted octanol–water partition coefficient (Wildman–Crippen LogP) is 3.59. The molecule has 0 aliphatic carbocycles. The molecule has 5 rings (SSSR count). The highest BCUT2D eigenvalue weighted by Gasteiger charge is 2.26. The fourth-order valence-corrected chi connectivity index (χ4v) is 4.87. The van der Waals surface area contributed by atoms with E-state index < -0.39 is 0 Å². The minimum Gasteiger partial charge on any atom is -0.353 e. The highest BCUT2D eigenvalue weighted by atomic mass is 35.5. The van der Waals surface area contributed by atoms with E-state index in [-0.39, 0.29) is 11.6 Å². The van der Waals surface area contributed by atoms with E-state index in [1.54, 1.807) is 27.5 Å². The Hall–Kier alpha value is -3.60. The Morgan fingerprint density at radius 2 is 1.88 bits per heavy atom. The van der Waals surface area contributed by atoms with Gasteiger partial charge in [0.1, 0.15) is 5.52 Å². The normalized spacial score (nSPS) is 16.0. The molecule has 1 atom stereocenters. The van der Waals surface area contributed by atoms with Crippen molar-refractivity contribution in [3.8, 4) is 6.07 Å². The third-order valence-corrected chi connectivity index (χ3v) is 6.77. The van der Waals surface area contributed by atoms with Gasteiger partial charge in [-0.1, -0.05) is 48.0 Å². The van der Waals surface area contributed by atoms with E-state index in [1.165, 1.54) is 0 Å². The summed E-state index contributed by atoms with van der Waals surface area (Å²) < 4.78 is 3.30. The standard InChI is InChI=1S/C26H25ClN6O/c27-23-10-4-3-6-18(23)14-22-24-26(34)32(16-20-8-2-1-7-19(20)15-28)12-13-33(24)30-25(22)31-11-5-9-21(29)17-31/h1-4,6-8,10,12-13,21H,5,9,11,14,16-17,29H2/t21-/m1/s1. The molecule has 3 heterocycles. The van der Waals surface area contributed by atoms with E-state index in [0.29, 0.717) is 35.6 Å². The van der Waals surface area contributed by atoms with Gasteiger partial charge in [0, 0.05) is 48.5 Å². The summed E-state index contributed by atoms with van der Waals surface area (Å²) in [6.45, 7) is 1.85. The number of nitrogens with zero attached hydrogens (tertiary/aromatic N) is 5. The molecule has 1 aliphatic heterocycles. The Labute approximate surface area is 202 Å². The van der Waals surface area contributed by atoms with Crippen molar-refractivity contribution in [2.24, 2.45) is 5.73 Å². The van der Waals surface area contributed by atoms with Crippen molar-refractivity contribution in [3.05, 3.63) is 98.6 Å². The van der Waals surface area contributed by atoms with Crippen molar-refractivity contribution >= 4 is 22.9 Å². The SMILES string of the molecule is N#Cc1ccccc1Cn1ccn2nc(N3CCC[C@@H](N)C3)c(Cc3ccccc3Cl)c2c1=O. The lowest BCUT2D eigenvalue weighted by atomic mass is 10.0. The minimum atomic E-state index is -0.155. The number of halogens is 1. The van der Waals surface area contributed by atoms with Crippen LogP contribution in [0.25, 0.3) is 5.52 Å². The van der Waals surface area contributed by atoms with E-state index >= 15 is 0 Å². The van der Waals surface area contributed by atoms with Gasteiger partial charge in [-0.3, -0.25) is 4.79 Å². The number of rotatable bonds is 5. The van der Waals surface area contributed by atoms with Gasteiger partial charge in [0.05, 0.1) is 18.2 Å². The summed E-state index contributed by atoms with van der Waals surface area (Å²) >= 11 is 6.49. The zero-order chi connectivity index (χ0) is 23.7. The molecule has 172 valence electrons. The first-order valence-corrected chi connectivity index (χ1v) is 11.8. The smallest absolute Gasteiger partial charge is 0.277 e. The van der Waals surface area contributed by atoms with Gasteiger partial charge in [-0.25, -0.2) is 4.52 Å². The first kappa shape index (κ1) is 22.2. The summed E-state index contributed by atoms with van der Waals surface area (Å²) in [6.07, 6.45) is 5.97. The Balaban J connectivity index is 1.65. The topological polar surface area (TPSA) is 92.3 Å². The van der Waals surface area contributed by atoms with E-state index in [4.69, 9.17) is 22.4 Å². The lowest BCUT2D eigenvalue weighted by Crippen LogP contribution is -2.43. The number of hydrogen-bond acceptors (Lipinski definition) is 5. The highest BCUT2D eigenvalue weighted by molar-refractivity contribution is 6.31. The van der Waals surface area contributed by atoms with Gasteiger partial charge in [-0.05, 0) is 36.1 Å². The number of benzene rings is 2. The molecule has 7 nitrogen and oxygen atoms in total. The summed E-state index contributed by atoms with van der Waals surface area (Å²) in [5.41, 5.74) is 9.76. The molecule has 4 aromatic rings. The fraction of sp³-hybridized carbons (Fsp3) is 0.269. The van der Waals surface area contributed by atoms with Crippen LogP contribution in [-0.4, -0.2) is 33.3 Å². The molecule has 2 aromatic carbocycles. The van der Waals surface area contributed by atoms with E-state index in [1.807, 2.05) is 42.5 Å². The molecule has 1 saturated heterocycles. The maximum absolute atomic E-state index is 13.7. The molecule has 2 aromatic heterocycles. The number of piperidine rings is 1. The Bertz CT molecular complexity index is 1450. The lowest BCUT2D eigenvalue weighted by molar-refractivity contribution is 0.502. The molecule has 1 aliphatic rings. The second-order valence-corrected chi connectivity index (χ2v) is 9.12. The molecule has 0 saturated carbocycles. The van der Waals surface area contributed by atoms with Crippen LogP contribution in [0.4, 0.5) is 5.82 Å². The Morgan fingerprint density at radius 3 is 2.65 bits per heavy atom. The van der Waals surface area contributed by atoms with Crippen molar-refractivity contribution in [2.75, 3.05) is 18.0 Å². The molecule has 8 heteroatoms. The molecule has 2 N–H and O–H groups in total. The lowest BCUT2D eigenvalue weighted by Gasteiger charge is -2.31. The van der Waals surface area contributed by atoms with Crippen LogP contribution in [0.2, 0.25) is 5.02 Å². The number of nitrogens with two attached hydrogens (primary N) is 1. The zero-order valence-electron chi connectivity index (χ0n) is 18.7. The average Bonchev–Trinajstić information content (AvgIpc) is 3.21. The van der Waals surface area contributed by atoms with Gasteiger partial charge in [0.15, 0.2) is 5.82 Å². The summed E-state index contributed by atoms with van der Waals surface area (Å²) in [6, 6.07) is 17.3. The van der Waals surface area contributed by atoms with Crippen molar-refractivity contribution in [1.82, 2.24) is 14.2 Å². The monoisotopic (exact) mass is 472 g/mol. The number of nitriles is 1. The van der Waals surface area contributed by atoms with Crippen molar-refractivity contribution in [2.45, 2.75) is 31.8 Å². The van der Waals surface area contributed by atoms with Crippen molar-refractivity contribution in [3.63, 3.8) is 0 Å². The van der Waals surface area contributed by atoms with Crippen molar-refractivity contribution < 1.29 is 0 Å². The Morgan fingerprint density at radius 1 is 1.12 bits per heavy atom. The van der Waals surface area contributed by atoms with Gasteiger partial charge in [-0.15, -0.1) is 5.10 Å². The quantitative estimate of drug-likeness (QED) is 0.479. The molecule has 0 radical (unpaired) electrons. The second kappa shape index (κ2) is 9.34. The summed E-state index contributed by atoms with van der Waals surface area (Å²) in [5, 5.41) is 14.9. The van der Waals surface area contributed by atoms with E-state index in [0.717, 1.165) is 41.9 Å². The molecule has 0 amide bonds. The van der Waals surface area contributed by atoms with Gasteiger partial charge in [0.25, 0.3) is 5.56 Å². The van der Waals surface area contributed by atoms with E-state index in [9.17, 15) is 10.1 Å². The van der Waals surface area contributed by atoms with Gasteiger partial charge in [-0.2, -0.15) is 5.26 Å². The largest absolute Gasteiger partial charge is 0.353 e. The zero-order valence-corrected chi connectivity index (χ0v) is 19.4. The number of fused-ring (bicyclic) bond motifs is 1. The fourth-order valence-electron chi connectivity index (χ4n) is 4.67. The molecular weight excluding hydrogens is 448 g/mol. The summed E-state index contributed by atoms with van der Waals surface area (Å²) in [4.78, 5) is 15.9. The summed E-state index contributed by atoms with van der Waals surface area (Å²) in [5.74, 6) is 0.780. The molecule has 1 fully saturated rings.